The smallest absolute Gasteiger partial charge is 0.303 e. The Kier molecular flexibility index (Phi) is 12.0. The van der Waals surface area contributed by atoms with E-state index in [4.69, 9.17) is 24.1 Å². The Morgan fingerprint density at radius 2 is 1.76 bits per heavy atom. The number of nitrogens with one attached hydrogen (secondary N) is 1. The second kappa shape index (κ2) is 16.5. The third kappa shape index (κ3) is 8.78. The highest BCUT2D eigenvalue weighted by Crippen LogP contribution is 2.36. The second-order valence-corrected chi connectivity index (χ2v) is 10.6. The van der Waals surface area contributed by atoms with E-state index in [9.17, 15) is 10.1 Å². The average Bonchev–Trinajstić information content (AvgIpc) is 3.08. The molecule has 0 saturated heterocycles. The number of hydrogen-bond donors (Lipinski definition) is 2. The fraction of sp³-hybridized carbons (Fsp3) is 0.270. The van der Waals surface area contributed by atoms with E-state index < -0.39 is 5.97 Å². The molecule has 1 aliphatic heterocycles. The molecule has 9 nitrogen and oxygen atoms in total. The van der Waals surface area contributed by atoms with E-state index in [1.807, 2.05) is 43.3 Å². The minimum Gasteiger partial charge on any atom is -0.488 e. The van der Waals surface area contributed by atoms with E-state index in [-0.39, 0.29) is 13.0 Å². The molecular weight excluding hydrogens is 582 g/mol. The van der Waals surface area contributed by atoms with E-state index in [2.05, 4.69) is 48.3 Å². The quantitative estimate of drug-likeness (QED) is 0.130. The number of aliphatic carboxylic acids is 1. The molecule has 0 aliphatic carbocycles. The molecule has 1 aromatic heterocycles. The number of aromatic nitrogens is 1. The monoisotopic (exact) mass is 619 g/mol. The highest BCUT2D eigenvalue weighted by Gasteiger charge is 2.16. The molecule has 4 aromatic rings. The number of carboxylic acids is 1. The molecule has 0 unspecified atom stereocenters. The summed E-state index contributed by atoms with van der Waals surface area (Å²) in [5.74, 6) is 2.04. The summed E-state index contributed by atoms with van der Waals surface area (Å²) in [4.78, 5) is 15.0. The Hall–Kier alpha value is -5.51. The highest BCUT2D eigenvalue weighted by atomic mass is 16.6. The molecule has 1 aliphatic rings. The number of benzene rings is 3. The first kappa shape index (κ1) is 33.4. The topological polar surface area (TPSA) is 123 Å². The van der Waals surface area contributed by atoms with Crippen LogP contribution >= 0.6 is 0 Å². The fourth-order valence-electron chi connectivity index (χ4n) is 5.05. The SMILES string of the molecule is C#C.Cc1cc(CNCCCC(=O)O)c(OCc2cncc(C#N)c2)cc1OCc1cccc(-c2ccc3c(c2)OCCO3)c1C. The van der Waals surface area contributed by atoms with Crippen molar-refractivity contribution in [3.63, 3.8) is 0 Å². The first-order valence-electron chi connectivity index (χ1n) is 14.9. The zero-order valence-corrected chi connectivity index (χ0v) is 26.0. The van der Waals surface area contributed by atoms with Crippen molar-refractivity contribution in [2.75, 3.05) is 19.8 Å². The van der Waals surface area contributed by atoms with Crippen LogP contribution in [0, 0.1) is 38.0 Å². The van der Waals surface area contributed by atoms with Crippen LogP contribution in [0.3, 0.4) is 0 Å². The number of aryl methyl sites for hydroxylation is 1. The Morgan fingerprint density at radius 3 is 2.54 bits per heavy atom. The summed E-state index contributed by atoms with van der Waals surface area (Å²) in [5, 5.41) is 21.5. The van der Waals surface area contributed by atoms with Gasteiger partial charge >= 0.3 is 5.97 Å². The lowest BCUT2D eigenvalue weighted by atomic mass is 9.96. The van der Waals surface area contributed by atoms with Crippen LogP contribution in [0.15, 0.2) is 67.0 Å². The van der Waals surface area contributed by atoms with Gasteiger partial charge < -0.3 is 29.4 Å². The van der Waals surface area contributed by atoms with Crippen molar-refractivity contribution in [3.8, 4) is 53.0 Å². The molecule has 9 heteroatoms. The fourth-order valence-corrected chi connectivity index (χ4v) is 5.05. The van der Waals surface area contributed by atoms with Crippen LogP contribution in [0.5, 0.6) is 23.0 Å². The maximum atomic E-state index is 10.9. The number of carboxylic acid groups (broad SMARTS) is 1. The van der Waals surface area contributed by atoms with Crippen LogP contribution in [-0.2, 0) is 24.6 Å². The highest BCUT2D eigenvalue weighted by molar-refractivity contribution is 5.71. The van der Waals surface area contributed by atoms with E-state index in [1.165, 1.54) is 6.20 Å². The predicted octanol–water partition coefficient (Wildman–Crippen LogP) is 6.37. The third-order valence-corrected chi connectivity index (χ3v) is 7.42. The van der Waals surface area contributed by atoms with Crippen molar-refractivity contribution in [1.82, 2.24) is 10.3 Å². The van der Waals surface area contributed by atoms with Gasteiger partial charge in [-0.05, 0) is 78.9 Å². The maximum Gasteiger partial charge on any atom is 0.303 e. The molecule has 0 radical (unpaired) electrons. The lowest BCUT2D eigenvalue weighted by molar-refractivity contribution is -0.137. The molecule has 0 fully saturated rings. The van der Waals surface area contributed by atoms with Gasteiger partial charge in [-0.1, -0.05) is 24.3 Å². The van der Waals surface area contributed by atoms with Crippen molar-refractivity contribution < 1.29 is 28.8 Å². The Bertz CT molecular complexity index is 1730. The molecular formula is C37H37N3O6. The van der Waals surface area contributed by atoms with Crippen molar-refractivity contribution in [1.29, 1.82) is 5.26 Å². The summed E-state index contributed by atoms with van der Waals surface area (Å²) in [5.41, 5.74) is 7.44. The average molecular weight is 620 g/mol. The predicted molar refractivity (Wildman–Crippen MR) is 175 cm³/mol. The van der Waals surface area contributed by atoms with Crippen LogP contribution in [0.2, 0.25) is 0 Å². The van der Waals surface area contributed by atoms with Gasteiger partial charge in [0.25, 0.3) is 0 Å². The van der Waals surface area contributed by atoms with Gasteiger partial charge in [-0.25, -0.2) is 0 Å². The van der Waals surface area contributed by atoms with Crippen LogP contribution < -0.4 is 24.3 Å². The summed E-state index contributed by atoms with van der Waals surface area (Å²) in [6, 6.07) is 20.0. The molecule has 5 rings (SSSR count). The minimum absolute atomic E-state index is 0.111. The van der Waals surface area contributed by atoms with Gasteiger partial charge in [-0.15, -0.1) is 12.8 Å². The Labute approximate surface area is 269 Å². The van der Waals surface area contributed by atoms with Crippen LogP contribution in [0.1, 0.15) is 46.2 Å². The van der Waals surface area contributed by atoms with Gasteiger partial charge in [-0.2, -0.15) is 5.26 Å². The largest absolute Gasteiger partial charge is 0.488 e. The van der Waals surface area contributed by atoms with Gasteiger partial charge in [0.2, 0.25) is 0 Å². The standard InChI is InChI=1S/C35H35N3O6.C2H2/c1-23-13-29(20-37-10-4-7-35(39)40)33(43-21-26-14-25(17-36)18-38-19-26)16-32(23)44-22-28-5-3-6-30(24(28)2)27-8-9-31-34(15-27)42-12-11-41-31;1-2/h3,5-6,8-9,13-16,18-19,37H,4,7,10-12,20-22H2,1-2H3,(H,39,40);1-2H. The lowest BCUT2D eigenvalue weighted by Crippen LogP contribution is -2.17. The molecule has 0 atom stereocenters. The zero-order chi connectivity index (χ0) is 32.9. The van der Waals surface area contributed by atoms with Gasteiger partial charge in [0.1, 0.15) is 44.0 Å². The molecule has 0 spiro atoms. The molecule has 2 N–H and O–H groups in total. The normalized spacial score (nSPS) is 11.5. The number of nitrogens with zero attached hydrogens (tertiary/aromatic N) is 2. The number of pyridine rings is 1. The van der Waals surface area contributed by atoms with Gasteiger partial charge in [-0.3, -0.25) is 9.78 Å². The molecule has 0 saturated carbocycles. The number of hydrogen-bond acceptors (Lipinski definition) is 8. The summed E-state index contributed by atoms with van der Waals surface area (Å²) in [6.07, 6.45) is 11.8. The second-order valence-electron chi connectivity index (χ2n) is 10.6. The number of ether oxygens (including phenoxy) is 4. The van der Waals surface area contributed by atoms with Crippen LogP contribution in [0.4, 0.5) is 0 Å². The summed E-state index contributed by atoms with van der Waals surface area (Å²) < 4.78 is 24.1. The van der Waals surface area contributed by atoms with Crippen molar-refractivity contribution >= 4 is 5.97 Å². The van der Waals surface area contributed by atoms with E-state index >= 15 is 0 Å². The lowest BCUT2D eigenvalue weighted by Gasteiger charge is -2.20. The van der Waals surface area contributed by atoms with E-state index in [0.717, 1.165) is 50.4 Å². The van der Waals surface area contributed by atoms with Crippen LogP contribution in [0.25, 0.3) is 11.1 Å². The Morgan fingerprint density at radius 1 is 0.978 bits per heavy atom. The third-order valence-electron chi connectivity index (χ3n) is 7.42. The van der Waals surface area contributed by atoms with Gasteiger partial charge in [0.05, 0.1) is 5.56 Å². The number of nitriles is 1. The first-order valence-corrected chi connectivity index (χ1v) is 14.9. The van der Waals surface area contributed by atoms with Gasteiger partial charge in [0, 0.05) is 42.6 Å². The first-order chi connectivity index (χ1) is 22.4. The van der Waals surface area contributed by atoms with Crippen molar-refractivity contribution in [2.45, 2.75) is 46.4 Å². The number of terminal acetylenes is 1. The van der Waals surface area contributed by atoms with Crippen molar-refractivity contribution in [3.05, 3.63) is 100 Å². The Balaban J connectivity index is 0.00000235. The molecule has 0 amide bonds. The van der Waals surface area contributed by atoms with Gasteiger partial charge in [0.15, 0.2) is 11.5 Å². The summed E-state index contributed by atoms with van der Waals surface area (Å²) in [7, 11) is 0. The number of fused-ring (bicyclic) bond motifs is 1. The van der Waals surface area contributed by atoms with E-state index in [0.29, 0.717) is 56.4 Å². The summed E-state index contributed by atoms with van der Waals surface area (Å²) in [6.45, 7) is 6.84. The zero-order valence-electron chi connectivity index (χ0n) is 26.0. The summed E-state index contributed by atoms with van der Waals surface area (Å²) >= 11 is 0. The molecule has 236 valence electrons. The maximum absolute atomic E-state index is 10.9. The molecule has 3 aromatic carbocycles. The van der Waals surface area contributed by atoms with E-state index in [1.54, 1.807) is 12.3 Å². The van der Waals surface area contributed by atoms with Crippen LogP contribution in [-0.4, -0.2) is 35.8 Å². The number of rotatable bonds is 13. The molecule has 2 heterocycles. The van der Waals surface area contributed by atoms with Crippen molar-refractivity contribution in [2.24, 2.45) is 0 Å². The molecule has 46 heavy (non-hydrogen) atoms. The minimum atomic E-state index is -0.812. The number of carbonyl (C=O) groups is 1. The molecule has 0 bridgehead atoms.